The summed E-state index contributed by atoms with van der Waals surface area (Å²) in [6.07, 6.45) is 9.02. The van der Waals surface area contributed by atoms with Crippen LogP contribution in [-0.4, -0.2) is 40.3 Å². The minimum Gasteiger partial charge on any atom is -0.303 e. The quantitative estimate of drug-likeness (QED) is 0.549. The summed E-state index contributed by atoms with van der Waals surface area (Å²) in [5.41, 5.74) is 2.90. The van der Waals surface area contributed by atoms with Crippen LogP contribution in [0.15, 0.2) is 54.2 Å². The topological polar surface area (TPSA) is 54.3 Å². The molecule has 3 rings (SSSR count). The SMILES string of the molecule is CN(C)/N=C/c1ccc(-c2cnc(-c3cccnc3)s2)nc1. The summed E-state index contributed by atoms with van der Waals surface area (Å²) in [5.74, 6) is 0. The fourth-order valence-electron chi connectivity index (χ4n) is 1.82. The van der Waals surface area contributed by atoms with Crippen LogP contribution < -0.4 is 0 Å². The maximum absolute atomic E-state index is 4.48. The van der Waals surface area contributed by atoms with E-state index in [0.717, 1.165) is 26.7 Å². The maximum atomic E-state index is 4.48. The molecule has 0 radical (unpaired) electrons. The Morgan fingerprint density at radius 1 is 1.09 bits per heavy atom. The number of aromatic nitrogens is 3. The molecule has 0 aromatic carbocycles. The van der Waals surface area contributed by atoms with Gasteiger partial charge in [-0.05, 0) is 24.3 Å². The zero-order valence-corrected chi connectivity index (χ0v) is 13.2. The van der Waals surface area contributed by atoms with Gasteiger partial charge in [0.05, 0.1) is 16.8 Å². The number of hydrogen-bond donors (Lipinski definition) is 0. The number of hydrazone groups is 1. The van der Waals surface area contributed by atoms with Crippen LogP contribution in [0.5, 0.6) is 0 Å². The van der Waals surface area contributed by atoms with E-state index in [-0.39, 0.29) is 0 Å². The number of pyridine rings is 2. The van der Waals surface area contributed by atoms with E-state index in [0.29, 0.717) is 0 Å². The molecular formula is C16H15N5S. The molecule has 0 aliphatic heterocycles. The van der Waals surface area contributed by atoms with E-state index in [1.807, 2.05) is 57.0 Å². The van der Waals surface area contributed by atoms with Gasteiger partial charge in [0.1, 0.15) is 5.01 Å². The first-order valence-electron chi connectivity index (χ1n) is 6.76. The number of thiazole rings is 1. The lowest BCUT2D eigenvalue weighted by atomic mass is 10.2. The van der Waals surface area contributed by atoms with Gasteiger partial charge in [0.25, 0.3) is 0 Å². The molecule has 3 heterocycles. The second-order valence-electron chi connectivity index (χ2n) is 4.84. The molecule has 0 unspecified atom stereocenters. The molecule has 0 aliphatic carbocycles. The fraction of sp³-hybridized carbons (Fsp3) is 0.125. The van der Waals surface area contributed by atoms with Gasteiger partial charge in [0.2, 0.25) is 0 Å². The highest BCUT2D eigenvalue weighted by Gasteiger charge is 2.07. The lowest BCUT2D eigenvalue weighted by Crippen LogP contribution is -2.01. The lowest BCUT2D eigenvalue weighted by molar-refractivity contribution is 0.440. The second kappa shape index (κ2) is 6.44. The van der Waals surface area contributed by atoms with Crippen molar-refractivity contribution in [2.45, 2.75) is 0 Å². The van der Waals surface area contributed by atoms with Crippen LogP contribution in [0.3, 0.4) is 0 Å². The van der Waals surface area contributed by atoms with Gasteiger partial charge in [-0.2, -0.15) is 5.10 Å². The van der Waals surface area contributed by atoms with Gasteiger partial charge in [-0.3, -0.25) is 9.97 Å². The van der Waals surface area contributed by atoms with Crippen molar-refractivity contribution in [3.05, 3.63) is 54.6 Å². The van der Waals surface area contributed by atoms with E-state index < -0.39 is 0 Å². The average Bonchev–Trinajstić information content (AvgIpc) is 3.04. The van der Waals surface area contributed by atoms with Crippen LogP contribution in [0.2, 0.25) is 0 Å². The van der Waals surface area contributed by atoms with Crippen molar-refractivity contribution in [1.82, 2.24) is 20.0 Å². The van der Waals surface area contributed by atoms with Crippen LogP contribution in [0.4, 0.5) is 0 Å². The highest BCUT2D eigenvalue weighted by molar-refractivity contribution is 7.18. The van der Waals surface area contributed by atoms with Crippen molar-refractivity contribution in [2.24, 2.45) is 5.10 Å². The molecule has 0 saturated heterocycles. The molecule has 3 aromatic rings. The van der Waals surface area contributed by atoms with E-state index in [1.54, 1.807) is 28.8 Å². The molecule has 5 nitrogen and oxygen atoms in total. The summed E-state index contributed by atoms with van der Waals surface area (Å²) in [7, 11) is 3.77. The highest BCUT2D eigenvalue weighted by Crippen LogP contribution is 2.30. The Morgan fingerprint density at radius 2 is 2.00 bits per heavy atom. The standard InChI is InChI=1S/C16H15N5S/c1-21(2)20-9-12-5-6-14(18-8-12)15-11-19-16(22-15)13-4-3-7-17-10-13/h3-11H,1-2H3/b20-9+. The molecule has 3 aromatic heterocycles. The molecule has 0 amide bonds. The summed E-state index contributed by atoms with van der Waals surface area (Å²) in [6.45, 7) is 0. The van der Waals surface area contributed by atoms with Crippen LogP contribution in [0.1, 0.15) is 5.56 Å². The Hall–Kier alpha value is -2.60. The Bertz CT molecular complexity index is 763. The Balaban J connectivity index is 1.82. The van der Waals surface area contributed by atoms with Gasteiger partial charge in [0, 0.05) is 50.0 Å². The van der Waals surface area contributed by atoms with Crippen molar-refractivity contribution in [3.63, 3.8) is 0 Å². The number of hydrogen-bond acceptors (Lipinski definition) is 6. The number of nitrogens with zero attached hydrogens (tertiary/aromatic N) is 5. The van der Waals surface area contributed by atoms with E-state index in [4.69, 9.17) is 0 Å². The van der Waals surface area contributed by atoms with Gasteiger partial charge < -0.3 is 5.01 Å². The highest BCUT2D eigenvalue weighted by atomic mass is 32.1. The molecule has 0 aliphatic rings. The van der Waals surface area contributed by atoms with Crippen molar-refractivity contribution < 1.29 is 0 Å². The largest absolute Gasteiger partial charge is 0.303 e. The van der Waals surface area contributed by atoms with Gasteiger partial charge in [0.15, 0.2) is 0 Å². The first-order chi connectivity index (χ1) is 10.7. The van der Waals surface area contributed by atoms with E-state index in [2.05, 4.69) is 20.1 Å². The molecule has 110 valence electrons. The monoisotopic (exact) mass is 309 g/mol. The summed E-state index contributed by atoms with van der Waals surface area (Å²) in [6, 6.07) is 7.90. The molecule has 0 spiro atoms. The zero-order valence-electron chi connectivity index (χ0n) is 12.3. The molecule has 0 saturated carbocycles. The summed E-state index contributed by atoms with van der Waals surface area (Å²) in [5, 5.41) is 6.89. The third-order valence-electron chi connectivity index (χ3n) is 2.89. The number of rotatable bonds is 4. The van der Waals surface area contributed by atoms with Crippen molar-refractivity contribution in [3.8, 4) is 21.1 Å². The van der Waals surface area contributed by atoms with Gasteiger partial charge in [-0.25, -0.2) is 4.98 Å². The van der Waals surface area contributed by atoms with E-state index in [1.165, 1.54) is 0 Å². The summed E-state index contributed by atoms with van der Waals surface area (Å²) >= 11 is 1.61. The van der Waals surface area contributed by atoms with Crippen LogP contribution in [0, 0.1) is 0 Å². The molecule has 22 heavy (non-hydrogen) atoms. The van der Waals surface area contributed by atoms with Crippen LogP contribution in [-0.2, 0) is 0 Å². The minimum atomic E-state index is 0.912. The minimum absolute atomic E-state index is 0.912. The van der Waals surface area contributed by atoms with E-state index in [9.17, 15) is 0 Å². The van der Waals surface area contributed by atoms with Gasteiger partial charge >= 0.3 is 0 Å². The molecule has 0 N–H and O–H groups in total. The normalized spacial score (nSPS) is 11.0. The molecule has 0 bridgehead atoms. The van der Waals surface area contributed by atoms with Crippen molar-refractivity contribution >= 4 is 17.6 Å². The maximum Gasteiger partial charge on any atom is 0.125 e. The van der Waals surface area contributed by atoms with Crippen molar-refractivity contribution in [2.75, 3.05) is 14.1 Å². The molecular weight excluding hydrogens is 294 g/mol. The Kier molecular flexibility index (Phi) is 4.20. The predicted molar refractivity (Wildman–Crippen MR) is 89.9 cm³/mol. The molecule has 0 atom stereocenters. The third kappa shape index (κ3) is 3.35. The molecule has 0 fully saturated rings. The van der Waals surface area contributed by atoms with E-state index >= 15 is 0 Å². The lowest BCUT2D eigenvalue weighted by Gasteiger charge is -2.02. The summed E-state index contributed by atoms with van der Waals surface area (Å²) < 4.78 is 0. The Labute approximate surface area is 133 Å². The smallest absolute Gasteiger partial charge is 0.125 e. The summed E-state index contributed by atoms with van der Waals surface area (Å²) in [4.78, 5) is 14.1. The molecule has 6 heteroatoms. The third-order valence-corrected chi connectivity index (χ3v) is 3.96. The first-order valence-corrected chi connectivity index (χ1v) is 7.58. The zero-order chi connectivity index (χ0) is 15.4. The average molecular weight is 309 g/mol. The van der Waals surface area contributed by atoms with Crippen LogP contribution in [0.25, 0.3) is 21.1 Å². The van der Waals surface area contributed by atoms with Crippen LogP contribution >= 0.6 is 11.3 Å². The Morgan fingerprint density at radius 3 is 2.68 bits per heavy atom. The van der Waals surface area contributed by atoms with Gasteiger partial charge in [-0.1, -0.05) is 0 Å². The van der Waals surface area contributed by atoms with Crippen molar-refractivity contribution in [1.29, 1.82) is 0 Å². The van der Waals surface area contributed by atoms with Gasteiger partial charge in [-0.15, -0.1) is 11.3 Å². The fourth-order valence-corrected chi connectivity index (χ4v) is 2.71. The predicted octanol–water partition coefficient (Wildman–Crippen LogP) is 3.16. The first kappa shape index (κ1) is 14.3. The second-order valence-corrected chi connectivity index (χ2v) is 5.87.